The number of hydrogen-bond donors (Lipinski definition) is 2. The molecular weight excluding hydrogens is 224 g/mol. The van der Waals surface area contributed by atoms with E-state index >= 15 is 0 Å². The highest BCUT2D eigenvalue weighted by Gasteiger charge is 2.08. The van der Waals surface area contributed by atoms with Crippen LogP contribution in [0.3, 0.4) is 0 Å². The lowest BCUT2D eigenvalue weighted by Crippen LogP contribution is -2.21. The number of aromatic amines is 1. The fourth-order valence-corrected chi connectivity index (χ4v) is 1.75. The van der Waals surface area contributed by atoms with E-state index in [1.807, 2.05) is 24.4 Å². The summed E-state index contributed by atoms with van der Waals surface area (Å²) in [6.07, 6.45) is 1.82. The van der Waals surface area contributed by atoms with Gasteiger partial charge in [-0.3, -0.25) is 5.10 Å². The molecule has 92 valence electrons. The van der Waals surface area contributed by atoms with Crippen molar-refractivity contribution in [3.8, 4) is 17.3 Å². The minimum Gasteiger partial charge on any atom is -0.310 e. The predicted octanol–water partition coefficient (Wildman–Crippen LogP) is 2.45. The van der Waals surface area contributed by atoms with Gasteiger partial charge in [-0.15, -0.1) is 0 Å². The maximum absolute atomic E-state index is 8.92. The number of hydrogen-bond acceptors (Lipinski definition) is 3. The third kappa shape index (κ3) is 2.76. The monoisotopic (exact) mass is 240 g/mol. The van der Waals surface area contributed by atoms with Gasteiger partial charge in [0.25, 0.3) is 0 Å². The van der Waals surface area contributed by atoms with Crippen LogP contribution in [0.2, 0.25) is 0 Å². The van der Waals surface area contributed by atoms with Gasteiger partial charge in [0.05, 0.1) is 23.5 Å². The predicted molar refractivity (Wildman–Crippen MR) is 70.7 cm³/mol. The molecule has 0 spiro atoms. The van der Waals surface area contributed by atoms with Crippen LogP contribution in [0.15, 0.2) is 30.5 Å². The van der Waals surface area contributed by atoms with Crippen molar-refractivity contribution >= 4 is 0 Å². The lowest BCUT2D eigenvalue weighted by atomic mass is 10.1. The molecule has 18 heavy (non-hydrogen) atoms. The van der Waals surface area contributed by atoms with E-state index in [0.717, 1.165) is 23.4 Å². The molecule has 1 aromatic carbocycles. The third-order valence-corrected chi connectivity index (χ3v) is 2.70. The number of rotatable bonds is 4. The molecule has 0 saturated heterocycles. The summed E-state index contributed by atoms with van der Waals surface area (Å²) in [7, 11) is 0. The molecule has 0 aliphatic carbocycles. The van der Waals surface area contributed by atoms with Crippen molar-refractivity contribution in [2.75, 3.05) is 0 Å². The fraction of sp³-hybridized carbons (Fsp3) is 0.286. The smallest absolute Gasteiger partial charge is 0.0991 e. The Balaban J connectivity index is 2.28. The van der Waals surface area contributed by atoms with Gasteiger partial charge in [-0.2, -0.15) is 10.4 Å². The standard InChI is InChI=1S/C14H16N4/c1-10(2)16-8-13-9-17-18-14(13)12-5-3-4-11(6-12)7-15/h3-6,9-10,16H,8H2,1-2H3,(H,17,18). The van der Waals surface area contributed by atoms with E-state index < -0.39 is 0 Å². The molecule has 0 radical (unpaired) electrons. The number of nitrogens with one attached hydrogen (secondary N) is 2. The first kappa shape index (κ1) is 12.3. The zero-order valence-electron chi connectivity index (χ0n) is 10.6. The minimum atomic E-state index is 0.429. The highest BCUT2D eigenvalue weighted by atomic mass is 15.1. The summed E-state index contributed by atoms with van der Waals surface area (Å²) < 4.78 is 0. The molecule has 2 aromatic rings. The second kappa shape index (κ2) is 5.48. The number of aromatic nitrogens is 2. The van der Waals surface area contributed by atoms with Gasteiger partial charge in [0.15, 0.2) is 0 Å². The number of H-pyrrole nitrogens is 1. The molecule has 1 aromatic heterocycles. The summed E-state index contributed by atoms with van der Waals surface area (Å²) in [5.41, 5.74) is 3.73. The lowest BCUT2D eigenvalue weighted by Gasteiger charge is -2.08. The van der Waals surface area contributed by atoms with Crippen LogP contribution >= 0.6 is 0 Å². The summed E-state index contributed by atoms with van der Waals surface area (Å²) >= 11 is 0. The van der Waals surface area contributed by atoms with Crippen LogP contribution in [0.4, 0.5) is 0 Å². The van der Waals surface area contributed by atoms with Gasteiger partial charge in [0.2, 0.25) is 0 Å². The quantitative estimate of drug-likeness (QED) is 0.862. The average molecular weight is 240 g/mol. The molecule has 0 aliphatic heterocycles. The molecule has 0 saturated carbocycles. The Bertz CT molecular complexity index is 563. The second-order valence-corrected chi connectivity index (χ2v) is 4.50. The molecule has 0 amide bonds. The lowest BCUT2D eigenvalue weighted by molar-refractivity contribution is 0.589. The Morgan fingerprint density at radius 3 is 3.00 bits per heavy atom. The Morgan fingerprint density at radius 1 is 1.44 bits per heavy atom. The Kier molecular flexibility index (Phi) is 3.75. The molecule has 0 bridgehead atoms. The number of benzene rings is 1. The topological polar surface area (TPSA) is 64.5 Å². The van der Waals surface area contributed by atoms with Gasteiger partial charge in [0, 0.05) is 23.7 Å². The van der Waals surface area contributed by atoms with E-state index in [1.165, 1.54) is 0 Å². The maximum Gasteiger partial charge on any atom is 0.0991 e. The van der Waals surface area contributed by atoms with Crippen molar-refractivity contribution in [2.45, 2.75) is 26.4 Å². The van der Waals surface area contributed by atoms with Gasteiger partial charge in [0.1, 0.15) is 0 Å². The Hall–Kier alpha value is -2.12. The second-order valence-electron chi connectivity index (χ2n) is 4.50. The fourth-order valence-electron chi connectivity index (χ4n) is 1.75. The Morgan fingerprint density at radius 2 is 2.28 bits per heavy atom. The van der Waals surface area contributed by atoms with Crippen LogP contribution in [-0.2, 0) is 6.54 Å². The molecule has 4 nitrogen and oxygen atoms in total. The summed E-state index contributed by atoms with van der Waals surface area (Å²) in [5.74, 6) is 0. The summed E-state index contributed by atoms with van der Waals surface area (Å²) in [6.45, 7) is 4.98. The normalized spacial score (nSPS) is 10.6. The number of nitrogens with zero attached hydrogens (tertiary/aromatic N) is 2. The van der Waals surface area contributed by atoms with Crippen LogP contribution in [-0.4, -0.2) is 16.2 Å². The number of nitriles is 1. The van der Waals surface area contributed by atoms with Gasteiger partial charge in [-0.05, 0) is 12.1 Å². The van der Waals surface area contributed by atoms with Gasteiger partial charge in [-0.1, -0.05) is 26.0 Å². The molecule has 4 heteroatoms. The highest BCUT2D eigenvalue weighted by Crippen LogP contribution is 2.21. The van der Waals surface area contributed by atoms with Crippen molar-refractivity contribution in [1.82, 2.24) is 15.5 Å². The first-order chi connectivity index (χ1) is 8.70. The molecule has 0 atom stereocenters. The molecule has 0 unspecified atom stereocenters. The van der Waals surface area contributed by atoms with E-state index in [1.54, 1.807) is 6.07 Å². The van der Waals surface area contributed by atoms with E-state index in [9.17, 15) is 0 Å². The summed E-state index contributed by atoms with van der Waals surface area (Å²) in [4.78, 5) is 0. The molecule has 0 fully saturated rings. The SMILES string of the molecule is CC(C)NCc1cn[nH]c1-c1cccc(C#N)c1. The van der Waals surface area contributed by atoms with E-state index in [0.29, 0.717) is 11.6 Å². The van der Waals surface area contributed by atoms with Crippen LogP contribution in [0, 0.1) is 11.3 Å². The average Bonchev–Trinajstić information content (AvgIpc) is 2.84. The van der Waals surface area contributed by atoms with Gasteiger partial charge < -0.3 is 5.32 Å². The molecule has 1 heterocycles. The van der Waals surface area contributed by atoms with E-state index in [2.05, 4.69) is 35.4 Å². The summed E-state index contributed by atoms with van der Waals surface area (Å²) in [6, 6.07) is 10.1. The van der Waals surface area contributed by atoms with Crippen LogP contribution in [0.25, 0.3) is 11.3 Å². The zero-order valence-corrected chi connectivity index (χ0v) is 10.6. The first-order valence-electron chi connectivity index (χ1n) is 5.97. The van der Waals surface area contributed by atoms with Crippen molar-refractivity contribution in [1.29, 1.82) is 5.26 Å². The molecule has 2 N–H and O–H groups in total. The first-order valence-corrected chi connectivity index (χ1v) is 5.97. The van der Waals surface area contributed by atoms with Crippen LogP contribution < -0.4 is 5.32 Å². The maximum atomic E-state index is 8.92. The van der Waals surface area contributed by atoms with Gasteiger partial charge >= 0.3 is 0 Å². The van der Waals surface area contributed by atoms with E-state index in [4.69, 9.17) is 5.26 Å². The van der Waals surface area contributed by atoms with E-state index in [-0.39, 0.29) is 0 Å². The Labute approximate surface area is 107 Å². The summed E-state index contributed by atoms with van der Waals surface area (Å²) in [5, 5.41) is 19.4. The van der Waals surface area contributed by atoms with Gasteiger partial charge in [-0.25, -0.2) is 0 Å². The van der Waals surface area contributed by atoms with Crippen molar-refractivity contribution in [3.05, 3.63) is 41.6 Å². The molecular formula is C14H16N4. The third-order valence-electron chi connectivity index (χ3n) is 2.70. The highest BCUT2D eigenvalue weighted by molar-refractivity contribution is 5.64. The van der Waals surface area contributed by atoms with Crippen molar-refractivity contribution in [2.24, 2.45) is 0 Å². The van der Waals surface area contributed by atoms with Crippen LogP contribution in [0.1, 0.15) is 25.0 Å². The molecule has 2 rings (SSSR count). The van der Waals surface area contributed by atoms with Crippen LogP contribution in [0.5, 0.6) is 0 Å². The largest absolute Gasteiger partial charge is 0.310 e. The zero-order chi connectivity index (χ0) is 13.0. The van der Waals surface area contributed by atoms with Crippen molar-refractivity contribution < 1.29 is 0 Å². The minimum absolute atomic E-state index is 0.429. The molecule has 0 aliphatic rings. The van der Waals surface area contributed by atoms with Crippen molar-refractivity contribution in [3.63, 3.8) is 0 Å².